The number of carbonyl (C=O) groups excluding carboxylic acids is 2. The molecular formula is C15H16N2O4S. The van der Waals surface area contributed by atoms with Gasteiger partial charge in [-0.05, 0) is 19.1 Å². The Morgan fingerprint density at radius 2 is 2.23 bits per heavy atom. The number of nitrogens with one attached hydrogen (secondary N) is 1. The van der Waals surface area contributed by atoms with Crippen LogP contribution in [0, 0.1) is 6.92 Å². The molecule has 1 aromatic carbocycles. The number of methoxy groups -OCH3 is 1. The maximum Gasteiger partial charge on any atom is 0.336 e. The van der Waals surface area contributed by atoms with Crippen LogP contribution in [0.25, 0.3) is 11.3 Å². The van der Waals surface area contributed by atoms with Crippen molar-refractivity contribution in [1.29, 1.82) is 0 Å². The molecule has 0 aliphatic heterocycles. The highest BCUT2D eigenvalue weighted by Crippen LogP contribution is 2.22. The van der Waals surface area contributed by atoms with Crippen LogP contribution < -0.4 is 5.32 Å². The fourth-order valence-corrected chi connectivity index (χ4v) is 2.45. The van der Waals surface area contributed by atoms with Crippen LogP contribution in [-0.4, -0.2) is 41.7 Å². The topological polar surface area (TPSA) is 88.5 Å². The van der Waals surface area contributed by atoms with Crippen molar-refractivity contribution >= 4 is 23.2 Å². The van der Waals surface area contributed by atoms with Crippen molar-refractivity contribution in [2.45, 2.75) is 13.0 Å². The van der Waals surface area contributed by atoms with Crippen LogP contribution in [0.5, 0.6) is 0 Å². The van der Waals surface area contributed by atoms with E-state index in [0.717, 1.165) is 16.3 Å². The lowest BCUT2D eigenvalue weighted by Gasteiger charge is -2.10. The molecule has 1 heterocycles. The van der Waals surface area contributed by atoms with E-state index >= 15 is 0 Å². The van der Waals surface area contributed by atoms with Gasteiger partial charge in [0.1, 0.15) is 0 Å². The van der Waals surface area contributed by atoms with Crippen molar-refractivity contribution in [2.24, 2.45) is 0 Å². The molecule has 116 valence electrons. The Morgan fingerprint density at radius 1 is 1.45 bits per heavy atom. The van der Waals surface area contributed by atoms with E-state index < -0.39 is 12.1 Å². The Morgan fingerprint density at radius 3 is 2.86 bits per heavy atom. The van der Waals surface area contributed by atoms with Crippen LogP contribution in [0.2, 0.25) is 0 Å². The third kappa shape index (κ3) is 3.90. The molecule has 1 atom stereocenters. The van der Waals surface area contributed by atoms with Gasteiger partial charge in [-0.2, -0.15) is 0 Å². The highest BCUT2D eigenvalue weighted by Gasteiger charge is 2.17. The number of nitrogens with zero attached hydrogens (tertiary/aromatic N) is 1. The van der Waals surface area contributed by atoms with Crippen LogP contribution in [0.3, 0.4) is 0 Å². The van der Waals surface area contributed by atoms with E-state index in [-0.39, 0.29) is 12.5 Å². The minimum atomic E-state index is -1.38. The highest BCUT2D eigenvalue weighted by atomic mass is 32.1. The van der Waals surface area contributed by atoms with Crippen molar-refractivity contribution in [3.8, 4) is 11.3 Å². The van der Waals surface area contributed by atoms with Gasteiger partial charge in [0.25, 0.3) is 5.91 Å². The number of hydrogen-bond acceptors (Lipinski definition) is 6. The number of aliphatic hydroxyl groups is 1. The third-order valence-electron chi connectivity index (χ3n) is 2.97. The number of aryl methyl sites for hydroxylation is 1. The third-order valence-corrected chi connectivity index (χ3v) is 3.74. The van der Waals surface area contributed by atoms with E-state index in [1.165, 1.54) is 18.4 Å². The lowest BCUT2D eigenvalue weighted by atomic mass is 10.1. The molecule has 0 aliphatic carbocycles. The maximum atomic E-state index is 12.1. The molecule has 1 aromatic heterocycles. The standard InChI is InChI=1S/C15H16N2O4S/c1-9-17-12(8-22-9)10-4-3-5-11(6-10)14(19)16-7-13(18)15(20)21-2/h3-6,8,13,18H,7H2,1-2H3,(H,16,19)/t13-/m0/s1. The van der Waals surface area contributed by atoms with Crippen LogP contribution in [0.4, 0.5) is 0 Å². The van der Waals surface area contributed by atoms with E-state index in [1.54, 1.807) is 18.2 Å². The minimum absolute atomic E-state index is 0.203. The van der Waals surface area contributed by atoms with E-state index in [1.807, 2.05) is 18.4 Å². The zero-order chi connectivity index (χ0) is 16.1. The normalized spacial score (nSPS) is 11.8. The van der Waals surface area contributed by atoms with Crippen molar-refractivity contribution in [2.75, 3.05) is 13.7 Å². The number of aromatic nitrogens is 1. The van der Waals surface area contributed by atoms with E-state index in [0.29, 0.717) is 5.56 Å². The van der Waals surface area contributed by atoms with Crippen molar-refractivity contribution in [3.05, 3.63) is 40.2 Å². The minimum Gasteiger partial charge on any atom is -0.467 e. The molecule has 2 aromatic rings. The summed E-state index contributed by atoms with van der Waals surface area (Å²) in [4.78, 5) is 27.5. The Labute approximate surface area is 131 Å². The van der Waals surface area contributed by atoms with Gasteiger partial charge in [-0.3, -0.25) is 4.79 Å². The zero-order valence-electron chi connectivity index (χ0n) is 12.2. The maximum absolute atomic E-state index is 12.1. The molecule has 2 N–H and O–H groups in total. The second-order valence-corrected chi connectivity index (χ2v) is 5.64. The molecule has 0 spiro atoms. The molecule has 0 unspecified atom stereocenters. The molecule has 6 nitrogen and oxygen atoms in total. The lowest BCUT2D eigenvalue weighted by molar-refractivity contribution is -0.149. The first-order valence-electron chi connectivity index (χ1n) is 6.58. The average Bonchev–Trinajstić information content (AvgIpc) is 2.98. The highest BCUT2D eigenvalue weighted by molar-refractivity contribution is 7.09. The Bertz CT molecular complexity index is 684. The molecule has 0 bridgehead atoms. The number of amides is 1. The van der Waals surface area contributed by atoms with Gasteiger partial charge in [-0.1, -0.05) is 12.1 Å². The fraction of sp³-hybridized carbons (Fsp3) is 0.267. The summed E-state index contributed by atoms with van der Waals surface area (Å²) in [5, 5.41) is 14.8. The summed E-state index contributed by atoms with van der Waals surface area (Å²) in [6, 6.07) is 7.00. The Hall–Kier alpha value is -2.25. The van der Waals surface area contributed by atoms with Gasteiger partial charge in [0.2, 0.25) is 0 Å². The second kappa shape index (κ2) is 7.15. The first-order valence-corrected chi connectivity index (χ1v) is 7.46. The number of thiazole rings is 1. The molecule has 2 rings (SSSR count). The fourth-order valence-electron chi connectivity index (χ4n) is 1.83. The summed E-state index contributed by atoms with van der Waals surface area (Å²) < 4.78 is 4.38. The van der Waals surface area contributed by atoms with Gasteiger partial charge in [-0.25, -0.2) is 9.78 Å². The second-order valence-electron chi connectivity index (χ2n) is 4.58. The summed E-state index contributed by atoms with van der Waals surface area (Å²) in [6.45, 7) is 1.71. The number of benzene rings is 1. The molecule has 0 aliphatic rings. The van der Waals surface area contributed by atoms with Crippen LogP contribution in [0.1, 0.15) is 15.4 Å². The van der Waals surface area contributed by atoms with E-state index in [4.69, 9.17) is 0 Å². The lowest BCUT2D eigenvalue weighted by Crippen LogP contribution is -2.37. The SMILES string of the molecule is COC(=O)[C@@H](O)CNC(=O)c1cccc(-c2csc(C)n2)c1. The summed E-state index contributed by atoms with van der Waals surface area (Å²) in [6.07, 6.45) is -1.38. The summed E-state index contributed by atoms with van der Waals surface area (Å²) >= 11 is 1.54. The molecule has 0 fully saturated rings. The van der Waals surface area contributed by atoms with Gasteiger partial charge in [0.15, 0.2) is 6.10 Å². The summed E-state index contributed by atoms with van der Waals surface area (Å²) in [5.74, 6) is -1.16. The smallest absolute Gasteiger partial charge is 0.336 e. The number of esters is 1. The predicted molar refractivity (Wildman–Crippen MR) is 82.6 cm³/mol. The predicted octanol–water partition coefficient (Wildman–Crippen LogP) is 1.38. The van der Waals surface area contributed by atoms with Crippen molar-refractivity contribution < 1.29 is 19.4 Å². The Kier molecular flexibility index (Phi) is 5.24. The Balaban J connectivity index is 2.06. The van der Waals surface area contributed by atoms with Crippen molar-refractivity contribution in [3.63, 3.8) is 0 Å². The molecule has 1 amide bonds. The average molecular weight is 320 g/mol. The van der Waals surface area contributed by atoms with Crippen LogP contribution in [0.15, 0.2) is 29.6 Å². The van der Waals surface area contributed by atoms with E-state index in [9.17, 15) is 14.7 Å². The molecule has 0 saturated heterocycles. The number of carbonyl (C=O) groups is 2. The first kappa shape index (κ1) is 16.1. The van der Waals surface area contributed by atoms with Gasteiger partial charge in [0.05, 0.1) is 24.4 Å². The quantitative estimate of drug-likeness (QED) is 0.813. The number of hydrogen-bond donors (Lipinski definition) is 2. The monoisotopic (exact) mass is 320 g/mol. The van der Waals surface area contributed by atoms with Gasteiger partial charge in [0, 0.05) is 16.5 Å². The number of aliphatic hydroxyl groups excluding tert-OH is 1. The summed E-state index contributed by atoms with van der Waals surface area (Å²) in [5.41, 5.74) is 2.08. The van der Waals surface area contributed by atoms with Crippen molar-refractivity contribution in [1.82, 2.24) is 10.3 Å². The molecular weight excluding hydrogens is 304 g/mol. The van der Waals surface area contributed by atoms with Crippen LogP contribution >= 0.6 is 11.3 Å². The molecule has 0 saturated carbocycles. The number of ether oxygens (including phenoxy) is 1. The zero-order valence-corrected chi connectivity index (χ0v) is 13.0. The van der Waals surface area contributed by atoms with Gasteiger partial charge < -0.3 is 15.2 Å². The molecule has 22 heavy (non-hydrogen) atoms. The molecule has 0 radical (unpaired) electrons. The first-order chi connectivity index (χ1) is 10.5. The van der Waals surface area contributed by atoms with Gasteiger partial charge in [-0.15, -0.1) is 11.3 Å². The van der Waals surface area contributed by atoms with Crippen LogP contribution in [-0.2, 0) is 9.53 Å². The van der Waals surface area contributed by atoms with Gasteiger partial charge >= 0.3 is 5.97 Å². The number of rotatable bonds is 5. The van der Waals surface area contributed by atoms with E-state index in [2.05, 4.69) is 15.0 Å². The largest absolute Gasteiger partial charge is 0.467 e. The molecule has 7 heteroatoms. The summed E-state index contributed by atoms with van der Waals surface area (Å²) in [7, 11) is 1.17.